The Morgan fingerprint density at radius 2 is 1.60 bits per heavy atom. The van der Waals surface area contributed by atoms with Gasteiger partial charge in [-0.2, -0.15) is 0 Å². The van der Waals surface area contributed by atoms with Crippen LogP contribution in [-0.4, -0.2) is 0 Å². The number of benzene rings is 1. The van der Waals surface area contributed by atoms with Gasteiger partial charge >= 0.3 is 0 Å². The molecule has 0 heterocycles. The predicted octanol–water partition coefficient (Wildman–Crippen LogP) is 4.87. The van der Waals surface area contributed by atoms with Crippen molar-refractivity contribution in [1.82, 2.24) is 0 Å². The Morgan fingerprint density at radius 1 is 0.933 bits per heavy atom. The van der Waals surface area contributed by atoms with Crippen LogP contribution in [-0.2, 0) is 0 Å². The first-order chi connectivity index (χ1) is 6.97. The molecule has 0 aliphatic heterocycles. The molecule has 15 heavy (non-hydrogen) atoms. The van der Waals surface area contributed by atoms with E-state index in [2.05, 4.69) is 48.6 Å². The van der Waals surface area contributed by atoms with Gasteiger partial charge in [0.15, 0.2) is 0 Å². The fraction of sp³-hybridized carbons (Fsp3) is 0.286. The van der Waals surface area contributed by atoms with Gasteiger partial charge in [0.25, 0.3) is 0 Å². The number of hydrogen-bond donors (Lipinski definition) is 0. The van der Waals surface area contributed by atoms with Gasteiger partial charge in [0.1, 0.15) is 0 Å². The van der Waals surface area contributed by atoms with Crippen molar-refractivity contribution in [1.29, 1.82) is 0 Å². The van der Waals surface area contributed by atoms with Gasteiger partial charge in [-0.3, -0.25) is 0 Å². The number of halogens is 1. The molecule has 0 amide bonds. The summed E-state index contributed by atoms with van der Waals surface area (Å²) in [6.45, 7) is 4.00. The summed E-state index contributed by atoms with van der Waals surface area (Å²) in [6.07, 6.45) is 9.12. The Balaban J connectivity index is 0.000000617. The van der Waals surface area contributed by atoms with Crippen LogP contribution in [0.2, 0.25) is 0 Å². The second-order valence-electron chi connectivity index (χ2n) is 3.01. The van der Waals surface area contributed by atoms with Crippen molar-refractivity contribution < 1.29 is 0 Å². The third-order valence-corrected chi connectivity index (χ3v) is 2.10. The van der Waals surface area contributed by atoms with Crippen LogP contribution in [0.4, 0.5) is 0 Å². The summed E-state index contributed by atoms with van der Waals surface area (Å²) in [7, 11) is 0. The van der Waals surface area contributed by atoms with Crippen molar-refractivity contribution in [2.45, 2.75) is 26.7 Å². The first-order valence-electron chi connectivity index (χ1n) is 5.39. The minimum atomic E-state index is 0. The van der Waals surface area contributed by atoms with Crippen LogP contribution in [0, 0.1) is 0 Å². The third-order valence-electron chi connectivity index (χ3n) is 2.10. The van der Waals surface area contributed by atoms with Gasteiger partial charge in [-0.25, -0.2) is 0 Å². The molecule has 1 heteroatoms. The number of allylic oxidation sites excluding steroid dienone is 4. The molecule has 0 radical (unpaired) electrons. The van der Waals surface area contributed by atoms with E-state index in [4.69, 9.17) is 0 Å². The largest absolute Gasteiger partial charge is 0.147 e. The van der Waals surface area contributed by atoms with Crippen molar-refractivity contribution in [2.24, 2.45) is 0 Å². The maximum absolute atomic E-state index is 2.30. The maximum atomic E-state index is 2.30. The van der Waals surface area contributed by atoms with E-state index < -0.39 is 0 Å². The van der Waals surface area contributed by atoms with Gasteiger partial charge in [0.2, 0.25) is 0 Å². The second-order valence-corrected chi connectivity index (χ2v) is 3.01. The van der Waals surface area contributed by atoms with Gasteiger partial charge in [-0.05, 0) is 24.0 Å². The summed E-state index contributed by atoms with van der Waals surface area (Å²) in [6, 6.07) is 10.5. The van der Waals surface area contributed by atoms with Gasteiger partial charge < -0.3 is 0 Å². The fourth-order valence-corrected chi connectivity index (χ4v) is 1.46. The van der Waals surface area contributed by atoms with Crippen LogP contribution < -0.4 is 0 Å². The Kier molecular flexibility index (Phi) is 7.75. The molecular weight excluding hydrogens is 204 g/mol. The molecule has 0 saturated heterocycles. The lowest BCUT2D eigenvalue weighted by Gasteiger charge is -2.05. The fourth-order valence-electron chi connectivity index (χ4n) is 1.46. The van der Waals surface area contributed by atoms with E-state index in [9.17, 15) is 0 Å². The molecule has 0 bridgehead atoms. The summed E-state index contributed by atoms with van der Waals surface area (Å²) >= 11 is 0. The lowest BCUT2D eigenvalue weighted by atomic mass is 10.00. The van der Waals surface area contributed by atoms with E-state index >= 15 is 0 Å². The third kappa shape index (κ3) is 4.35. The highest BCUT2D eigenvalue weighted by Crippen LogP contribution is 2.20. The first-order valence-corrected chi connectivity index (χ1v) is 5.39. The SMILES string of the molecule is C1=CC(c2ccccc2)=CCC1.CC.Cl. The summed E-state index contributed by atoms with van der Waals surface area (Å²) in [5, 5.41) is 0. The first kappa shape index (κ1) is 14.0. The highest BCUT2D eigenvalue weighted by molar-refractivity contribution is 5.85. The van der Waals surface area contributed by atoms with Crippen LogP contribution >= 0.6 is 12.4 Å². The molecule has 0 fully saturated rings. The van der Waals surface area contributed by atoms with E-state index in [1.165, 1.54) is 24.0 Å². The quantitative estimate of drug-likeness (QED) is 0.636. The zero-order valence-electron chi connectivity index (χ0n) is 9.44. The molecule has 1 aromatic carbocycles. The smallest absolute Gasteiger partial charge is 0.0187 e. The predicted molar refractivity (Wildman–Crippen MR) is 71.4 cm³/mol. The molecule has 1 aromatic rings. The normalized spacial score (nSPS) is 13.1. The summed E-state index contributed by atoms with van der Waals surface area (Å²) in [5.74, 6) is 0. The Morgan fingerprint density at radius 3 is 2.13 bits per heavy atom. The Bertz CT molecular complexity index is 309. The minimum Gasteiger partial charge on any atom is -0.147 e. The van der Waals surface area contributed by atoms with Crippen LogP contribution in [0.3, 0.4) is 0 Å². The molecule has 0 atom stereocenters. The molecule has 1 aliphatic rings. The molecule has 0 saturated carbocycles. The van der Waals surface area contributed by atoms with Crippen molar-refractivity contribution in [3.8, 4) is 0 Å². The molecular formula is C14H19Cl. The zero-order chi connectivity index (χ0) is 10.2. The number of hydrogen-bond acceptors (Lipinski definition) is 0. The average molecular weight is 223 g/mol. The standard InChI is InChI=1S/C12H12.C2H6.ClH/c1-3-7-11(8-4-1)12-9-5-2-6-10-12;1-2;/h1,3-5,7-10H,2,6H2;1-2H3;1H. The van der Waals surface area contributed by atoms with Crippen molar-refractivity contribution in [3.05, 3.63) is 54.1 Å². The lowest BCUT2D eigenvalue weighted by Crippen LogP contribution is -1.84. The van der Waals surface area contributed by atoms with Crippen LogP contribution in [0.1, 0.15) is 32.3 Å². The molecule has 0 unspecified atom stereocenters. The molecule has 1 aliphatic carbocycles. The van der Waals surface area contributed by atoms with E-state index in [-0.39, 0.29) is 12.4 Å². The second kappa shape index (κ2) is 8.31. The maximum Gasteiger partial charge on any atom is -0.0187 e. The molecule has 2 rings (SSSR count). The van der Waals surface area contributed by atoms with Crippen molar-refractivity contribution in [2.75, 3.05) is 0 Å². The van der Waals surface area contributed by atoms with Crippen molar-refractivity contribution in [3.63, 3.8) is 0 Å². The molecule has 82 valence electrons. The highest BCUT2D eigenvalue weighted by atomic mass is 35.5. The summed E-state index contributed by atoms with van der Waals surface area (Å²) in [4.78, 5) is 0. The zero-order valence-corrected chi connectivity index (χ0v) is 10.3. The highest BCUT2D eigenvalue weighted by Gasteiger charge is 1.98. The number of rotatable bonds is 1. The van der Waals surface area contributed by atoms with E-state index in [1.54, 1.807) is 0 Å². The topological polar surface area (TPSA) is 0 Å². The van der Waals surface area contributed by atoms with E-state index in [0.29, 0.717) is 0 Å². The molecule has 0 spiro atoms. The molecule has 0 aromatic heterocycles. The molecule has 0 nitrogen and oxygen atoms in total. The summed E-state index contributed by atoms with van der Waals surface area (Å²) < 4.78 is 0. The average Bonchev–Trinajstić information content (AvgIpc) is 2.34. The Hall–Kier alpha value is -1.01. The lowest BCUT2D eigenvalue weighted by molar-refractivity contribution is 1.04. The van der Waals surface area contributed by atoms with Crippen molar-refractivity contribution >= 4 is 18.0 Å². The van der Waals surface area contributed by atoms with E-state index in [1.807, 2.05) is 13.8 Å². The van der Waals surface area contributed by atoms with Crippen LogP contribution in [0.25, 0.3) is 5.57 Å². The summed E-state index contributed by atoms with van der Waals surface area (Å²) in [5.41, 5.74) is 2.69. The van der Waals surface area contributed by atoms with Gasteiger partial charge in [0.05, 0.1) is 0 Å². The van der Waals surface area contributed by atoms with E-state index in [0.717, 1.165) is 0 Å². The minimum absolute atomic E-state index is 0. The van der Waals surface area contributed by atoms with Gasteiger partial charge in [0, 0.05) is 0 Å². The molecule has 0 N–H and O–H groups in total. The van der Waals surface area contributed by atoms with Gasteiger partial charge in [-0.1, -0.05) is 62.4 Å². The van der Waals surface area contributed by atoms with Crippen LogP contribution in [0.15, 0.2) is 48.6 Å². The monoisotopic (exact) mass is 222 g/mol. The van der Waals surface area contributed by atoms with Gasteiger partial charge in [-0.15, -0.1) is 12.4 Å². The Labute approximate surface area is 99.1 Å². The van der Waals surface area contributed by atoms with Crippen LogP contribution in [0.5, 0.6) is 0 Å².